The smallest absolute Gasteiger partial charge is 0.340 e. The van der Waals surface area contributed by atoms with Gasteiger partial charge in [-0.2, -0.15) is 0 Å². The molecule has 1 fully saturated rings. The van der Waals surface area contributed by atoms with Crippen molar-refractivity contribution in [3.63, 3.8) is 0 Å². The Balaban J connectivity index is 2.43. The SMILES string of the molecule is COC(C)C(=O)Oc1cc(C(C)(C)C)ccc1C1(C)OCCCO1. The molecule has 1 aromatic rings. The molecule has 1 aliphatic heterocycles. The minimum absolute atomic E-state index is 0.0677. The molecule has 24 heavy (non-hydrogen) atoms. The standard InChI is InChI=1S/C19H28O5/c1-13(21-6)17(20)24-16-12-14(18(2,3)4)8-9-15(16)19(5)22-10-7-11-23-19/h8-9,12-13H,7,10-11H2,1-6H3. The molecule has 0 amide bonds. The van der Waals surface area contributed by atoms with Crippen molar-refractivity contribution in [2.24, 2.45) is 0 Å². The number of hydrogen-bond acceptors (Lipinski definition) is 5. The molecule has 0 saturated carbocycles. The maximum absolute atomic E-state index is 12.2. The molecule has 5 nitrogen and oxygen atoms in total. The number of carbonyl (C=O) groups excluding carboxylic acids is 1. The van der Waals surface area contributed by atoms with Gasteiger partial charge >= 0.3 is 5.97 Å². The molecular formula is C19H28O5. The van der Waals surface area contributed by atoms with Gasteiger partial charge in [0, 0.05) is 7.11 Å². The number of rotatable bonds is 4. The van der Waals surface area contributed by atoms with E-state index in [4.69, 9.17) is 18.9 Å². The quantitative estimate of drug-likeness (QED) is 0.622. The number of esters is 1. The van der Waals surface area contributed by atoms with Crippen molar-refractivity contribution in [1.29, 1.82) is 0 Å². The van der Waals surface area contributed by atoms with Crippen LogP contribution in [0.15, 0.2) is 18.2 Å². The molecular weight excluding hydrogens is 308 g/mol. The molecule has 1 aromatic carbocycles. The summed E-state index contributed by atoms with van der Waals surface area (Å²) in [7, 11) is 1.48. The lowest BCUT2D eigenvalue weighted by Gasteiger charge is -2.35. The second-order valence-electron chi connectivity index (χ2n) is 7.26. The van der Waals surface area contributed by atoms with Crippen LogP contribution in [-0.4, -0.2) is 32.4 Å². The average Bonchev–Trinajstić information content (AvgIpc) is 2.53. The van der Waals surface area contributed by atoms with Gasteiger partial charge in [-0.15, -0.1) is 0 Å². The molecule has 1 aliphatic rings. The van der Waals surface area contributed by atoms with Crippen molar-refractivity contribution < 1.29 is 23.7 Å². The second kappa shape index (κ2) is 7.21. The van der Waals surface area contributed by atoms with E-state index in [1.165, 1.54) is 7.11 Å². The number of benzene rings is 1. The van der Waals surface area contributed by atoms with Gasteiger partial charge in [0.1, 0.15) is 5.75 Å². The lowest BCUT2D eigenvalue weighted by atomic mass is 9.85. The monoisotopic (exact) mass is 336 g/mol. The zero-order valence-corrected chi connectivity index (χ0v) is 15.5. The summed E-state index contributed by atoms with van der Waals surface area (Å²) < 4.78 is 22.4. The summed E-state index contributed by atoms with van der Waals surface area (Å²) >= 11 is 0. The molecule has 0 N–H and O–H groups in total. The molecule has 0 bridgehead atoms. The van der Waals surface area contributed by atoms with Crippen molar-refractivity contribution in [3.05, 3.63) is 29.3 Å². The van der Waals surface area contributed by atoms with E-state index in [0.29, 0.717) is 24.5 Å². The highest BCUT2D eigenvalue weighted by Gasteiger charge is 2.35. The summed E-state index contributed by atoms with van der Waals surface area (Å²) in [6, 6.07) is 5.84. The van der Waals surface area contributed by atoms with E-state index in [1.807, 2.05) is 25.1 Å². The number of carbonyl (C=O) groups is 1. The first-order chi connectivity index (χ1) is 11.2. The van der Waals surface area contributed by atoms with Crippen LogP contribution in [0, 0.1) is 0 Å². The summed E-state index contributed by atoms with van der Waals surface area (Å²) in [5.41, 5.74) is 1.72. The third-order valence-corrected chi connectivity index (χ3v) is 4.28. The maximum Gasteiger partial charge on any atom is 0.340 e. The average molecular weight is 336 g/mol. The molecule has 0 aliphatic carbocycles. The largest absolute Gasteiger partial charge is 0.424 e. The minimum Gasteiger partial charge on any atom is -0.424 e. The Morgan fingerprint density at radius 3 is 2.42 bits per heavy atom. The van der Waals surface area contributed by atoms with Crippen molar-refractivity contribution in [2.75, 3.05) is 20.3 Å². The van der Waals surface area contributed by atoms with Gasteiger partial charge in [-0.25, -0.2) is 4.79 Å². The van der Waals surface area contributed by atoms with E-state index in [0.717, 1.165) is 12.0 Å². The number of methoxy groups -OCH3 is 1. The first-order valence-corrected chi connectivity index (χ1v) is 8.35. The highest BCUT2D eigenvalue weighted by atomic mass is 16.7. The second-order valence-corrected chi connectivity index (χ2v) is 7.26. The van der Waals surface area contributed by atoms with Gasteiger partial charge in [0.25, 0.3) is 0 Å². The predicted octanol–water partition coefficient (Wildman–Crippen LogP) is 3.53. The molecule has 1 atom stereocenters. The van der Waals surface area contributed by atoms with E-state index in [9.17, 15) is 4.79 Å². The van der Waals surface area contributed by atoms with Crippen LogP contribution >= 0.6 is 0 Å². The fourth-order valence-electron chi connectivity index (χ4n) is 2.53. The van der Waals surface area contributed by atoms with Crippen LogP contribution in [0.2, 0.25) is 0 Å². The van der Waals surface area contributed by atoms with Crippen LogP contribution < -0.4 is 4.74 Å². The van der Waals surface area contributed by atoms with Gasteiger partial charge in [0.2, 0.25) is 0 Å². The summed E-state index contributed by atoms with van der Waals surface area (Å²) in [6.07, 6.45) is 0.211. The predicted molar refractivity (Wildman–Crippen MR) is 91.1 cm³/mol. The molecule has 0 radical (unpaired) electrons. The fourth-order valence-corrected chi connectivity index (χ4v) is 2.53. The normalized spacial score (nSPS) is 18.9. The van der Waals surface area contributed by atoms with E-state index in [2.05, 4.69) is 20.8 Å². The Labute approximate surface area is 144 Å². The first-order valence-electron chi connectivity index (χ1n) is 8.35. The summed E-state index contributed by atoms with van der Waals surface area (Å²) in [6.45, 7) is 11.1. The highest BCUT2D eigenvalue weighted by Crippen LogP contribution is 2.39. The van der Waals surface area contributed by atoms with Crippen molar-refractivity contribution in [3.8, 4) is 5.75 Å². The molecule has 5 heteroatoms. The molecule has 2 rings (SSSR count). The zero-order chi connectivity index (χ0) is 18.0. The van der Waals surface area contributed by atoms with Crippen LogP contribution in [0.1, 0.15) is 52.2 Å². The molecule has 0 spiro atoms. The van der Waals surface area contributed by atoms with Gasteiger partial charge in [-0.1, -0.05) is 26.8 Å². The van der Waals surface area contributed by atoms with Crippen LogP contribution in [0.5, 0.6) is 5.75 Å². The Hall–Kier alpha value is -1.43. The van der Waals surface area contributed by atoms with Gasteiger partial charge in [-0.3, -0.25) is 0 Å². The summed E-state index contributed by atoms with van der Waals surface area (Å²) in [4.78, 5) is 12.2. The van der Waals surface area contributed by atoms with E-state index in [1.54, 1.807) is 6.92 Å². The van der Waals surface area contributed by atoms with E-state index < -0.39 is 17.9 Å². The maximum atomic E-state index is 12.2. The molecule has 1 saturated heterocycles. The highest BCUT2D eigenvalue weighted by molar-refractivity contribution is 5.77. The molecule has 134 valence electrons. The van der Waals surface area contributed by atoms with Crippen LogP contribution in [0.25, 0.3) is 0 Å². The van der Waals surface area contributed by atoms with Gasteiger partial charge in [0.05, 0.1) is 18.8 Å². The minimum atomic E-state index is -0.916. The number of ether oxygens (including phenoxy) is 4. The lowest BCUT2D eigenvalue weighted by Crippen LogP contribution is -2.36. The Morgan fingerprint density at radius 1 is 1.25 bits per heavy atom. The summed E-state index contributed by atoms with van der Waals surface area (Å²) in [5, 5.41) is 0. The molecule has 0 aromatic heterocycles. The Bertz CT molecular complexity index is 582. The Kier molecular flexibility index (Phi) is 5.68. The van der Waals surface area contributed by atoms with Crippen LogP contribution in [0.4, 0.5) is 0 Å². The van der Waals surface area contributed by atoms with Gasteiger partial charge in [0.15, 0.2) is 11.9 Å². The van der Waals surface area contributed by atoms with Crippen molar-refractivity contribution in [1.82, 2.24) is 0 Å². The van der Waals surface area contributed by atoms with Crippen LogP contribution in [-0.2, 0) is 30.2 Å². The third-order valence-electron chi connectivity index (χ3n) is 4.28. The van der Waals surface area contributed by atoms with E-state index >= 15 is 0 Å². The number of hydrogen-bond donors (Lipinski definition) is 0. The fraction of sp³-hybridized carbons (Fsp3) is 0.632. The van der Waals surface area contributed by atoms with Crippen LogP contribution in [0.3, 0.4) is 0 Å². The Morgan fingerprint density at radius 2 is 1.88 bits per heavy atom. The summed E-state index contributed by atoms with van der Waals surface area (Å²) in [5.74, 6) is -0.898. The molecule has 1 unspecified atom stereocenters. The zero-order valence-electron chi connectivity index (χ0n) is 15.5. The lowest BCUT2D eigenvalue weighted by molar-refractivity contribution is -0.265. The van der Waals surface area contributed by atoms with E-state index in [-0.39, 0.29) is 5.41 Å². The first kappa shape index (κ1) is 18.9. The van der Waals surface area contributed by atoms with Crippen molar-refractivity contribution >= 4 is 5.97 Å². The topological polar surface area (TPSA) is 54.0 Å². The molecule has 1 heterocycles. The van der Waals surface area contributed by atoms with Crippen molar-refractivity contribution in [2.45, 2.75) is 58.3 Å². The van der Waals surface area contributed by atoms with Gasteiger partial charge < -0.3 is 18.9 Å². The third kappa shape index (κ3) is 4.15. The van der Waals surface area contributed by atoms with Gasteiger partial charge in [-0.05, 0) is 43.4 Å².